The van der Waals surface area contributed by atoms with E-state index < -0.39 is 0 Å². The van der Waals surface area contributed by atoms with Crippen molar-refractivity contribution >= 4 is 34.8 Å². The Morgan fingerprint density at radius 3 is 2.88 bits per heavy atom. The van der Waals surface area contributed by atoms with Crippen LogP contribution in [0.25, 0.3) is 0 Å². The summed E-state index contributed by atoms with van der Waals surface area (Å²) in [6.45, 7) is 1.24. The first-order valence-electron chi connectivity index (χ1n) is 4.41. The van der Waals surface area contributed by atoms with E-state index in [0.29, 0.717) is 0 Å². The predicted molar refractivity (Wildman–Crippen MR) is 61.1 cm³/mol. The van der Waals surface area contributed by atoms with Gasteiger partial charge in [0.15, 0.2) is 0 Å². The number of hydrogen-bond donors (Lipinski definition) is 2. The van der Waals surface area contributed by atoms with E-state index in [2.05, 4.69) is 10.3 Å². The van der Waals surface area contributed by atoms with Crippen molar-refractivity contribution in [1.82, 2.24) is 4.98 Å². The van der Waals surface area contributed by atoms with Gasteiger partial charge >= 0.3 is 0 Å². The lowest BCUT2D eigenvalue weighted by Gasteiger charge is -2.11. The van der Waals surface area contributed by atoms with Gasteiger partial charge in [-0.2, -0.15) is 0 Å². The number of aromatic nitrogens is 1. The van der Waals surface area contributed by atoms with Crippen molar-refractivity contribution in [2.24, 2.45) is 0 Å². The zero-order valence-electron chi connectivity index (χ0n) is 8.46. The molecule has 0 atom stereocenters. The second-order valence-electron chi connectivity index (χ2n) is 2.85. The number of anilines is 1. The average Bonchev–Trinajstić information content (AvgIpc) is 2.23. The summed E-state index contributed by atoms with van der Waals surface area (Å²) in [6, 6.07) is 0. The minimum absolute atomic E-state index is 0.0634. The Morgan fingerprint density at radius 1 is 1.62 bits per heavy atom. The Kier molecular flexibility index (Phi) is 4.79. The molecule has 5 nitrogen and oxygen atoms in total. The van der Waals surface area contributed by atoms with E-state index in [1.54, 1.807) is 0 Å². The molecule has 0 saturated carbocycles. The van der Waals surface area contributed by atoms with E-state index in [1.165, 1.54) is 13.1 Å². The number of amides is 1. The molecule has 2 N–H and O–H groups in total. The molecule has 1 heterocycles. The monoisotopic (exact) mass is 264 g/mol. The van der Waals surface area contributed by atoms with Gasteiger partial charge in [0.2, 0.25) is 11.8 Å². The SMILES string of the molecule is CC(=O)Nc1c(Cl)cnc(OCCO)c1Cl. The molecule has 0 fully saturated rings. The smallest absolute Gasteiger partial charge is 0.234 e. The lowest BCUT2D eigenvalue weighted by molar-refractivity contribution is -0.114. The normalized spacial score (nSPS) is 10.0. The number of carbonyl (C=O) groups is 1. The van der Waals surface area contributed by atoms with Crippen LogP contribution in [0.5, 0.6) is 5.88 Å². The lowest BCUT2D eigenvalue weighted by Crippen LogP contribution is -2.09. The molecule has 16 heavy (non-hydrogen) atoms. The second-order valence-corrected chi connectivity index (χ2v) is 3.64. The zero-order valence-corrected chi connectivity index (χ0v) is 9.97. The third kappa shape index (κ3) is 3.23. The number of halogens is 2. The summed E-state index contributed by atoms with van der Waals surface area (Å²) in [4.78, 5) is 14.7. The summed E-state index contributed by atoms with van der Waals surface area (Å²) in [5.74, 6) is -0.188. The van der Waals surface area contributed by atoms with Crippen LogP contribution in [0, 0.1) is 0 Å². The van der Waals surface area contributed by atoms with Crippen LogP contribution in [-0.2, 0) is 4.79 Å². The van der Waals surface area contributed by atoms with Crippen LogP contribution in [-0.4, -0.2) is 29.2 Å². The van der Waals surface area contributed by atoms with Gasteiger partial charge in [0.05, 0.1) is 23.5 Å². The molecule has 1 aromatic rings. The minimum atomic E-state index is -0.303. The standard InChI is InChI=1S/C9H10Cl2N2O3/c1-5(15)13-8-6(10)4-12-9(7(8)11)16-3-2-14/h4,14H,2-3H2,1H3,(H,12,13,15). The van der Waals surface area contributed by atoms with Crippen molar-refractivity contribution in [2.75, 3.05) is 18.5 Å². The maximum Gasteiger partial charge on any atom is 0.234 e. The number of hydrogen-bond acceptors (Lipinski definition) is 4. The van der Waals surface area contributed by atoms with Crippen LogP contribution in [0.1, 0.15) is 6.92 Å². The Labute approximate surface area is 102 Å². The van der Waals surface area contributed by atoms with Crippen LogP contribution in [0.4, 0.5) is 5.69 Å². The van der Waals surface area contributed by atoms with Crippen molar-refractivity contribution in [3.05, 3.63) is 16.2 Å². The first kappa shape index (κ1) is 13.0. The van der Waals surface area contributed by atoms with Gasteiger partial charge in [-0.05, 0) is 0 Å². The molecule has 0 aliphatic rings. The number of pyridine rings is 1. The van der Waals surface area contributed by atoms with Gasteiger partial charge in [0.1, 0.15) is 11.6 Å². The number of aliphatic hydroxyl groups excluding tert-OH is 1. The minimum Gasteiger partial charge on any atom is -0.474 e. The molecule has 0 aliphatic heterocycles. The molecule has 0 bridgehead atoms. The fraction of sp³-hybridized carbons (Fsp3) is 0.333. The summed E-state index contributed by atoms with van der Waals surface area (Å²) in [5.41, 5.74) is 0.249. The van der Waals surface area contributed by atoms with E-state index >= 15 is 0 Å². The Bertz CT molecular complexity index is 399. The van der Waals surface area contributed by atoms with Crippen LogP contribution in [0.15, 0.2) is 6.20 Å². The molecule has 1 aromatic heterocycles. The van der Waals surface area contributed by atoms with Crippen LogP contribution >= 0.6 is 23.2 Å². The highest BCUT2D eigenvalue weighted by molar-refractivity contribution is 6.40. The first-order valence-corrected chi connectivity index (χ1v) is 5.17. The summed E-state index contributed by atoms with van der Waals surface area (Å²) in [6.07, 6.45) is 1.31. The van der Waals surface area contributed by atoms with Crippen LogP contribution in [0.3, 0.4) is 0 Å². The summed E-state index contributed by atoms with van der Waals surface area (Å²) in [7, 11) is 0. The maximum absolute atomic E-state index is 10.9. The average molecular weight is 265 g/mol. The molecule has 0 unspecified atom stereocenters. The first-order chi connectivity index (χ1) is 7.56. The van der Waals surface area contributed by atoms with Crippen LogP contribution < -0.4 is 10.1 Å². The third-order valence-electron chi connectivity index (χ3n) is 1.57. The number of carbonyl (C=O) groups excluding carboxylic acids is 1. The zero-order chi connectivity index (χ0) is 12.1. The highest BCUT2D eigenvalue weighted by atomic mass is 35.5. The highest BCUT2D eigenvalue weighted by Crippen LogP contribution is 2.35. The van der Waals surface area contributed by atoms with Gasteiger partial charge in [-0.1, -0.05) is 23.2 Å². The molecule has 1 amide bonds. The van der Waals surface area contributed by atoms with Crippen molar-refractivity contribution in [3.8, 4) is 5.88 Å². The molecule has 0 radical (unpaired) electrons. The highest BCUT2D eigenvalue weighted by Gasteiger charge is 2.14. The Morgan fingerprint density at radius 2 is 2.31 bits per heavy atom. The molecule has 1 rings (SSSR count). The molecular weight excluding hydrogens is 255 g/mol. The maximum atomic E-state index is 10.9. The largest absolute Gasteiger partial charge is 0.474 e. The predicted octanol–water partition coefficient (Wildman–Crippen LogP) is 1.72. The summed E-state index contributed by atoms with van der Waals surface area (Å²) >= 11 is 11.7. The van der Waals surface area contributed by atoms with E-state index in [4.69, 9.17) is 33.0 Å². The fourth-order valence-corrected chi connectivity index (χ4v) is 1.47. The number of ether oxygens (including phenoxy) is 1. The lowest BCUT2D eigenvalue weighted by atomic mass is 10.4. The van der Waals surface area contributed by atoms with E-state index in [0.717, 1.165) is 0 Å². The molecule has 0 saturated heterocycles. The van der Waals surface area contributed by atoms with Gasteiger partial charge in [-0.3, -0.25) is 4.79 Å². The number of nitrogens with one attached hydrogen (secondary N) is 1. The van der Waals surface area contributed by atoms with Gasteiger partial charge < -0.3 is 15.2 Å². The molecule has 88 valence electrons. The molecule has 0 aromatic carbocycles. The Balaban J connectivity index is 3.01. The Hall–Kier alpha value is -1.04. The van der Waals surface area contributed by atoms with Crippen molar-refractivity contribution in [1.29, 1.82) is 0 Å². The molecule has 0 aliphatic carbocycles. The van der Waals surface area contributed by atoms with E-state index in [-0.39, 0.29) is 40.7 Å². The van der Waals surface area contributed by atoms with Gasteiger partial charge in [-0.15, -0.1) is 0 Å². The summed E-state index contributed by atoms with van der Waals surface area (Å²) in [5, 5.41) is 11.4. The van der Waals surface area contributed by atoms with Crippen molar-refractivity contribution in [3.63, 3.8) is 0 Å². The van der Waals surface area contributed by atoms with E-state index in [9.17, 15) is 4.79 Å². The van der Waals surface area contributed by atoms with E-state index in [1.807, 2.05) is 0 Å². The molecule has 0 spiro atoms. The number of nitrogens with zero attached hydrogens (tertiary/aromatic N) is 1. The second kappa shape index (κ2) is 5.89. The third-order valence-corrected chi connectivity index (χ3v) is 2.21. The van der Waals surface area contributed by atoms with Crippen molar-refractivity contribution < 1.29 is 14.6 Å². The quantitative estimate of drug-likeness (QED) is 0.869. The van der Waals surface area contributed by atoms with Crippen LogP contribution in [0.2, 0.25) is 10.0 Å². The fourth-order valence-electron chi connectivity index (χ4n) is 0.982. The number of rotatable bonds is 4. The number of aliphatic hydroxyl groups is 1. The summed E-state index contributed by atoms with van der Waals surface area (Å²) < 4.78 is 5.06. The van der Waals surface area contributed by atoms with Crippen molar-refractivity contribution in [2.45, 2.75) is 6.92 Å². The van der Waals surface area contributed by atoms with Gasteiger partial charge in [0.25, 0.3) is 0 Å². The topological polar surface area (TPSA) is 71.5 Å². The van der Waals surface area contributed by atoms with Gasteiger partial charge in [-0.25, -0.2) is 4.98 Å². The van der Waals surface area contributed by atoms with Gasteiger partial charge in [0, 0.05) is 6.92 Å². The molecular formula is C9H10Cl2N2O3. The molecule has 7 heteroatoms.